The molecule has 3 rings (SSSR count). The van der Waals surface area contributed by atoms with Crippen LogP contribution in [0.1, 0.15) is 17.0 Å². The fourth-order valence-corrected chi connectivity index (χ4v) is 2.85. The molecule has 0 saturated carbocycles. The van der Waals surface area contributed by atoms with Gasteiger partial charge in [0.25, 0.3) is 5.71 Å². The number of benzene rings is 2. The van der Waals surface area contributed by atoms with Gasteiger partial charge in [-0.25, -0.2) is 0 Å². The lowest BCUT2D eigenvalue weighted by Crippen LogP contribution is -2.30. The summed E-state index contributed by atoms with van der Waals surface area (Å²) in [6, 6.07) is 18.6. The van der Waals surface area contributed by atoms with Crippen LogP contribution in [0.25, 0.3) is 5.57 Å². The van der Waals surface area contributed by atoms with E-state index in [2.05, 4.69) is 6.58 Å². The number of rotatable bonds is 4. The zero-order chi connectivity index (χ0) is 17.1. The Balaban J connectivity index is 2.07. The molecule has 2 aromatic carbocycles. The molecular weight excluding hydrogens is 306 g/mol. The van der Waals surface area contributed by atoms with Crippen molar-refractivity contribution in [3.63, 3.8) is 0 Å². The number of carbonyl (C=O) groups is 1. The molecule has 0 bridgehead atoms. The largest absolute Gasteiger partial charge is 0.468 e. The van der Waals surface area contributed by atoms with Gasteiger partial charge >= 0.3 is 5.97 Å². The molecule has 1 heterocycles. The number of allylic oxidation sites excluding steroid dienone is 1. The van der Waals surface area contributed by atoms with Crippen molar-refractivity contribution in [1.29, 1.82) is 0 Å². The summed E-state index contributed by atoms with van der Waals surface area (Å²) in [5.41, 5.74) is 2.41. The molecule has 0 amide bonds. The molecule has 0 N–H and O–H groups in total. The molecule has 1 aliphatic rings. The minimum atomic E-state index is -1.04. The number of hydrogen-bond donors (Lipinski definition) is 0. The molecule has 122 valence electrons. The number of hydrogen-bond acceptors (Lipinski definition) is 4. The maximum atomic E-state index is 12.4. The van der Waals surface area contributed by atoms with Crippen LogP contribution in [0.5, 0.6) is 0 Å². The standard InChI is InChI=1S/C19H17NO4/c1-13(14-9-5-3-6-10-14)17-16(15-11-7-4-8-12-15)18(19(21)23-2)24-20(17)22/h3-12,16,18H,1H2,2H3/t16-,18-/m1/s1. The average molecular weight is 323 g/mol. The first-order valence-corrected chi connectivity index (χ1v) is 7.52. The molecule has 2 atom stereocenters. The van der Waals surface area contributed by atoms with Gasteiger partial charge in [0, 0.05) is 10.5 Å². The molecule has 0 radical (unpaired) electrons. The third kappa shape index (κ3) is 2.76. The molecule has 2 aromatic rings. The Bertz CT molecular complexity index is 784. The van der Waals surface area contributed by atoms with Crippen LogP contribution in [0.3, 0.4) is 0 Å². The van der Waals surface area contributed by atoms with Gasteiger partial charge < -0.3 is 9.57 Å². The first-order valence-electron chi connectivity index (χ1n) is 7.52. The van der Waals surface area contributed by atoms with E-state index in [0.717, 1.165) is 11.1 Å². The van der Waals surface area contributed by atoms with E-state index < -0.39 is 18.0 Å². The number of esters is 1. The molecule has 0 unspecified atom stereocenters. The van der Waals surface area contributed by atoms with Gasteiger partial charge in [-0.1, -0.05) is 67.2 Å². The second kappa shape index (κ2) is 6.58. The summed E-state index contributed by atoms with van der Waals surface area (Å²) < 4.78 is 4.80. The number of nitrogens with zero attached hydrogens (tertiary/aromatic N) is 1. The lowest BCUT2D eigenvalue weighted by atomic mass is 9.84. The summed E-state index contributed by atoms with van der Waals surface area (Å²) >= 11 is 0. The van der Waals surface area contributed by atoms with Gasteiger partial charge in [0.05, 0.1) is 7.11 Å². The highest BCUT2D eigenvalue weighted by Crippen LogP contribution is 2.34. The fraction of sp³-hybridized carbons (Fsp3) is 0.158. The maximum Gasteiger partial charge on any atom is 0.326 e. The molecule has 5 heteroatoms. The van der Waals surface area contributed by atoms with E-state index in [0.29, 0.717) is 16.2 Å². The van der Waals surface area contributed by atoms with E-state index in [4.69, 9.17) is 9.57 Å². The quantitative estimate of drug-likeness (QED) is 0.641. The van der Waals surface area contributed by atoms with Crippen molar-refractivity contribution in [2.45, 2.75) is 12.0 Å². The number of methoxy groups -OCH3 is 1. The maximum absolute atomic E-state index is 12.4. The highest BCUT2D eigenvalue weighted by molar-refractivity contribution is 6.24. The van der Waals surface area contributed by atoms with Gasteiger partial charge in [0.2, 0.25) is 0 Å². The minimum absolute atomic E-state index is 0.308. The van der Waals surface area contributed by atoms with E-state index in [1.54, 1.807) is 0 Å². The lowest BCUT2D eigenvalue weighted by Gasteiger charge is -2.17. The van der Waals surface area contributed by atoms with Crippen molar-refractivity contribution < 1.29 is 19.3 Å². The van der Waals surface area contributed by atoms with Crippen LogP contribution in [0.15, 0.2) is 67.2 Å². The molecule has 0 saturated heterocycles. The van der Waals surface area contributed by atoms with Crippen LogP contribution in [0.4, 0.5) is 0 Å². The zero-order valence-electron chi connectivity index (χ0n) is 13.2. The van der Waals surface area contributed by atoms with Gasteiger partial charge in [0.1, 0.15) is 5.92 Å². The van der Waals surface area contributed by atoms with E-state index >= 15 is 0 Å². The van der Waals surface area contributed by atoms with E-state index in [9.17, 15) is 10.0 Å². The van der Waals surface area contributed by atoms with Gasteiger partial charge in [-0.15, -0.1) is 0 Å². The Morgan fingerprint density at radius 1 is 1.12 bits per heavy atom. The minimum Gasteiger partial charge on any atom is -0.468 e. The molecule has 0 aromatic heterocycles. The van der Waals surface area contributed by atoms with Crippen LogP contribution < -0.4 is 0 Å². The van der Waals surface area contributed by atoms with E-state index in [1.807, 2.05) is 60.7 Å². The Hall–Kier alpha value is -3.08. The van der Waals surface area contributed by atoms with Gasteiger partial charge in [-0.2, -0.15) is 0 Å². The summed E-state index contributed by atoms with van der Waals surface area (Å²) in [6.45, 7) is 4.04. The summed E-state index contributed by atoms with van der Waals surface area (Å²) in [5, 5.41) is 12.4. The SMILES string of the molecule is C=C(C1=[N+]([O-])O[C@@H](C(=O)OC)[C@@H]1c1ccccc1)c1ccccc1. The van der Waals surface area contributed by atoms with Crippen molar-refractivity contribution in [3.05, 3.63) is 83.6 Å². The van der Waals surface area contributed by atoms with Gasteiger partial charge in [-0.05, 0) is 11.1 Å². The Morgan fingerprint density at radius 3 is 2.29 bits per heavy atom. The Labute approximate surface area is 140 Å². The van der Waals surface area contributed by atoms with Crippen LogP contribution in [-0.4, -0.2) is 29.8 Å². The topological polar surface area (TPSA) is 61.6 Å². The van der Waals surface area contributed by atoms with Crippen LogP contribution >= 0.6 is 0 Å². The van der Waals surface area contributed by atoms with E-state index in [-0.39, 0.29) is 0 Å². The summed E-state index contributed by atoms with van der Waals surface area (Å²) in [4.78, 5) is 17.7. The number of ether oxygens (including phenoxy) is 1. The molecule has 0 spiro atoms. The summed E-state index contributed by atoms with van der Waals surface area (Å²) in [7, 11) is 1.27. The fourth-order valence-electron chi connectivity index (χ4n) is 2.85. The third-order valence-electron chi connectivity index (χ3n) is 4.03. The molecule has 24 heavy (non-hydrogen) atoms. The van der Waals surface area contributed by atoms with Crippen molar-refractivity contribution in [3.8, 4) is 0 Å². The predicted octanol–water partition coefficient (Wildman–Crippen LogP) is 2.92. The summed E-state index contributed by atoms with van der Waals surface area (Å²) in [6.07, 6.45) is -1.04. The van der Waals surface area contributed by atoms with E-state index in [1.165, 1.54) is 7.11 Å². The lowest BCUT2D eigenvalue weighted by molar-refractivity contribution is -0.736. The molecule has 0 aliphatic carbocycles. The normalized spacial score (nSPS) is 19.7. The van der Waals surface area contributed by atoms with Crippen molar-refractivity contribution >= 4 is 17.3 Å². The van der Waals surface area contributed by atoms with Crippen molar-refractivity contribution in [2.75, 3.05) is 7.11 Å². The van der Waals surface area contributed by atoms with Crippen LogP contribution in [-0.2, 0) is 14.4 Å². The zero-order valence-corrected chi connectivity index (χ0v) is 13.2. The monoisotopic (exact) mass is 323 g/mol. The third-order valence-corrected chi connectivity index (χ3v) is 4.03. The smallest absolute Gasteiger partial charge is 0.326 e. The second-order valence-corrected chi connectivity index (χ2v) is 5.42. The molecule has 5 nitrogen and oxygen atoms in total. The van der Waals surface area contributed by atoms with Crippen LogP contribution in [0.2, 0.25) is 0 Å². The van der Waals surface area contributed by atoms with Gasteiger partial charge in [0.15, 0.2) is 6.10 Å². The van der Waals surface area contributed by atoms with Crippen LogP contribution in [0, 0.1) is 5.21 Å². The molecule has 1 aliphatic heterocycles. The highest BCUT2D eigenvalue weighted by atomic mass is 16.9. The van der Waals surface area contributed by atoms with Crippen molar-refractivity contribution in [1.82, 2.24) is 0 Å². The first kappa shape index (κ1) is 15.8. The van der Waals surface area contributed by atoms with Crippen molar-refractivity contribution in [2.24, 2.45) is 0 Å². The molecule has 0 fully saturated rings. The highest BCUT2D eigenvalue weighted by Gasteiger charge is 2.46. The Morgan fingerprint density at radius 2 is 1.71 bits per heavy atom. The number of carbonyl (C=O) groups excluding carboxylic acids is 1. The predicted molar refractivity (Wildman–Crippen MR) is 90.2 cm³/mol. The molecular formula is C19H17NO4. The first-order chi connectivity index (χ1) is 11.6. The summed E-state index contributed by atoms with van der Waals surface area (Å²) in [5.74, 6) is -1.18. The Kier molecular flexibility index (Phi) is 4.33. The average Bonchev–Trinajstić information content (AvgIpc) is 2.99. The second-order valence-electron chi connectivity index (χ2n) is 5.42. The van der Waals surface area contributed by atoms with Gasteiger partial charge in [-0.3, -0.25) is 10.0 Å².